The number of rotatable bonds is 8. The van der Waals surface area contributed by atoms with Crippen molar-refractivity contribution in [3.8, 4) is 5.75 Å². The van der Waals surface area contributed by atoms with Crippen molar-refractivity contribution in [2.24, 2.45) is 0 Å². The Kier molecular flexibility index (Phi) is 6.65. The van der Waals surface area contributed by atoms with Gasteiger partial charge in [-0.05, 0) is 74.6 Å². The fraction of sp³-hybridized carbons (Fsp3) is 0.400. The molecule has 1 aliphatic heterocycles. The molecule has 2 aromatic heterocycles. The highest BCUT2D eigenvalue weighted by molar-refractivity contribution is 5.77. The fourth-order valence-corrected chi connectivity index (χ4v) is 4.00. The number of aryl methyl sites for hydroxylation is 2. The van der Waals surface area contributed by atoms with Gasteiger partial charge in [-0.15, -0.1) is 0 Å². The first-order valence-corrected chi connectivity index (χ1v) is 10.9. The largest absolute Gasteiger partial charge is 0.484 e. The van der Waals surface area contributed by atoms with Crippen molar-refractivity contribution in [3.63, 3.8) is 0 Å². The first-order valence-electron chi connectivity index (χ1n) is 10.9. The van der Waals surface area contributed by atoms with Crippen LogP contribution in [0.15, 0.2) is 57.6 Å². The highest BCUT2D eigenvalue weighted by Gasteiger charge is 2.20. The Hall–Kier alpha value is -3.15. The summed E-state index contributed by atoms with van der Waals surface area (Å²) in [5.74, 6) is 2.95. The minimum absolute atomic E-state index is 0.0384. The van der Waals surface area contributed by atoms with E-state index in [0.717, 1.165) is 41.6 Å². The van der Waals surface area contributed by atoms with Gasteiger partial charge in [-0.3, -0.25) is 4.79 Å². The van der Waals surface area contributed by atoms with Crippen LogP contribution in [-0.4, -0.2) is 30.5 Å². The predicted molar refractivity (Wildman–Crippen MR) is 119 cm³/mol. The van der Waals surface area contributed by atoms with Gasteiger partial charge in [0, 0.05) is 19.2 Å². The SMILES string of the molecule is Cc1cc(C)cc(OCC(=O)N(Cc2ccco2)Cc2ccc(N3CCCCC3)o2)c1. The van der Waals surface area contributed by atoms with Gasteiger partial charge < -0.3 is 23.4 Å². The first kappa shape index (κ1) is 21.1. The number of hydrogen-bond donors (Lipinski definition) is 0. The van der Waals surface area contributed by atoms with Crippen LogP contribution in [0.2, 0.25) is 0 Å². The van der Waals surface area contributed by atoms with Gasteiger partial charge in [0.15, 0.2) is 12.5 Å². The number of carbonyl (C=O) groups is 1. The van der Waals surface area contributed by atoms with Gasteiger partial charge in [0.05, 0.1) is 19.4 Å². The standard InChI is InChI=1S/C25H30N2O4/c1-19-13-20(2)15-23(14-19)30-18-24(28)27(16-21-7-6-12-29-21)17-22-8-9-25(31-22)26-10-4-3-5-11-26/h6-9,12-15H,3-5,10-11,16-18H2,1-2H3. The molecule has 0 bridgehead atoms. The number of piperidine rings is 1. The zero-order valence-electron chi connectivity index (χ0n) is 18.3. The normalized spacial score (nSPS) is 13.9. The molecule has 1 aromatic carbocycles. The molecule has 0 atom stereocenters. The molecule has 4 rings (SSSR count). The molecule has 164 valence electrons. The Balaban J connectivity index is 1.43. The molecule has 1 saturated heterocycles. The number of benzene rings is 1. The molecule has 3 aromatic rings. The summed E-state index contributed by atoms with van der Waals surface area (Å²) in [6.07, 6.45) is 5.27. The molecule has 0 radical (unpaired) electrons. The van der Waals surface area contributed by atoms with Crippen LogP contribution in [0.3, 0.4) is 0 Å². The number of amides is 1. The molecule has 0 saturated carbocycles. The Morgan fingerprint density at radius 1 is 1.00 bits per heavy atom. The molecular formula is C25H30N2O4. The van der Waals surface area contributed by atoms with Crippen molar-refractivity contribution < 1.29 is 18.4 Å². The molecular weight excluding hydrogens is 392 g/mol. The summed E-state index contributed by atoms with van der Waals surface area (Å²) >= 11 is 0. The maximum Gasteiger partial charge on any atom is 0.261 e. The number of furan rings is 2. The van der Waals surface area contributed by atoms with E-state index in [9.17, 15) is 4.79 Å². The zero-order valence-corrected chi connectivity index (χ0v) is 18.3. The van der Waals surface area contributed by atoms with Gasteiger partial charge in [-0.1, -0.05) is 6.07 Å². The van der Waals surface area contributed by atoms with Crippen LogP contribution < -0.4 is 9.64 Å². The van der Waals surface area contributed by atoms with Crippen molar-refractivity contribution >= 4 is 11.8 Å². The van der Waals surface area contributed by atoms with Gasteiger partial charge in [0.1, 0.15) is 17.3 Å². The quantitative estimate of drug-likeness (QED) is 0.506. The van der Waals surface area contributed by atoms with Gasteiger partial charge in [0.2, 0.25) is 0 Å². The van der Waals surface area contributed by atoms with E-state index in [1.165, 1.54) is 19.3 Å². The lowest BCUT2D eigenvalue weighted by Gasteiger charge is -2.26. The Bertz CT molecular complexity index is 967. The predicted octanol–water partition coefficient (Wildman–Crippen LogP) is 5.09. The number of ether oxygens (including phenoxy) is 1. The molecule has 6 heteroatoms. The van der Waals surface area contributed by atoms with E-state index < -0.39 is 0 Å². The number of nitrogens with zero attached hydrogens (tertiary/aromatic N) is 2. The maximum absolute atomic E-state index is 13.0. The lowest BCUT2D eigenvalue weighted by atomic mass is 10.1. The van der Waals surface area contributed by atoms with Crippen LogP contribution in [-0.2, 0) is 17.9 Å². The van der Waals surface area contributed by atoms with Crippen molar-refractivity contribution in [2.45, 2.75) is 46.2 Å². The highest BCUT2D eigenvalue weighted by Crippen LogP contribution is 2.24. The molecule has 1 fully saturated rings. The molecule has 1 amide bonds. The smallest absolute Gasteiger partial charge is 0.261 e. The van der Waals surface area contributed by atoms with Gasteiger partial charge >= 0.3 is 0 Å². The van der Waals surface area contributed by atoms with Gasteiger partial charge in [-0.2, -0.15) is 0 Å². The summed E-state index contributed by atoms with van der Waals surface area (Å²) in [4.78, 5) is 17.0. The zero-order chi connectivity index (χ0) is 21.6. The molecule has 3 heterocycles. The van der Waals surface area contributed by atoms with Crippen LogP contribution in [0, 0.1) is 13.8 Å². The van der Waals surface area contributed by atoms with Gasteiger partial charge in [-0.25, -0.2) is 0 Å². The summed E-state index contributed by atoms with van der Waals surface area (Å²) in [5.41, 5.74) is 2.21. The monoisotopic (exact) mass is 422 g/mol. The van der Waals surface area contributed by atoms with Crippen molar-refractivity contribution in [3.05, 3.63) is 71.4 Å². The average molecular weight is 423 g/mol. The third kappa shape index (κ3) is 5.72. The van der Waals surface area contributed by atoms with E-state index >= 15 is 0 Å². The number of carbonyl (C=O) groups excluding carboxylic acids is 1. The topological polar surface area (TPSA) is 59.1 Å². The van der Waals surface area contributed by atoms with E-state index in [1.807, 2.05) is 50.2 Å². The van der Waals surface area contributed by atoms with Crippen LogP contribution in [0.1, 0.15) is 41.9 Å². The highest BCUT2D eigenvalue weighted by atomic mass is 16.5. The first-order chi connectivity index (χ1) is 15.1. The maximum atomic E-state index is 13.0. The van der Waals surface area contributed by atoms with E-state index in [1.54, 1.807) is 11.2 Å². The second-order valence-corrected chi connectivity index (χ2v) is 8.23. The minimum atomic E-state index is -0.119. The number of hydrogen-bond acceptors (Lipinski definition) is 5. The average Bonchev–Trinajstić information content (AvgIpc) is 3.44. The molecule has 0 spiro atoms. The van der Waals surface area contributed by atoms with E-state index in [2.05, 4.69) is 11.0 Å². The van der Waals surface area contributed by atoms with Crippen LogP contribution in [0.4, 0.5) is 5.88 Å². The summed E-state index contributed by atoms with van der Waals surface area (Å²) in [5, 5.41) is 0. The second kappa shape index (κ2) is 9.77. The Morgan fingerprint density at radius 2 is 1.74 bits per heavy atom. The summed E-state index contributed by atoms with van der Waals surface area (Å²) in [6.45, 7) is 6.76. The summed E-state index contributed by atoms with van der Waals surface area (Å²) in [7, 11) is 0. The second-order valence-electron chi connectivity index (χ2n) is 8.23. The molecule has 0 N–H and O–H groups in total. The third-order valence-electron chi connectivity index (χ3n) is 5.50. The van der Waals surface area contributed by atoms with Crippen LogP contribution >= 0.6 is 0 Å². The Morgan fingerprint density at radius 3 is 2.45 bits per heavy atom. The summed E-state index contributed by atoms with van der Waals surface area (Å²) in [6, 6.07) is 13.6. The lowest BCUT2D eigenvalue weighted by Crippen LogP contribution is -2.34. The fourth-order valence-electron chi connectivity index (χ4n) is 4.00. The molecule has 6 nitrogen and oxygen atoms in total. The molecule has 0 aliphatic carbocycles. The molecule has 0 unspecified atom stereocenters. The van der Waals surface area contributed by atoms with Crippen molar-refractivity contribution in [1.82, 2.24) is 4.90 Å². The van der Waals surface area contributed by atoms with Crippen LogP contribution in [0.5, 0.6) is 5.75 Å². The van der Waals surface area contributed by atoms with E-state index in [4.69, 9.17) is 13.6 Å². The van der Waals surface area contributed by atoms with E-state index in [0.29, 0.717) is 18.8 Å². The summed E-state index contributed by atoms with van der Waals surface area (Å²) < 4.78 is 17.4. The third-order valence-corrected chi connectivity index (χ3v) is 5.50. The van der Waals surface area contributed by atoms with Gasteiger partial charge in [0.25, 0.3) is 5.91 Å². The molecule has 1 aliphatic rings. The van der Waals surface area contributed by atoms with E-state index in [-0.39, 0.29) is 12.5 Å². The van der Waals surface area contributed by atoms with Crippen molar-refractivity contribution in [1.29, 1.82) is 0 Å². The lowest BCUT2D eigenvalue weighted by molar-refractivity contribution is -0.135. The minimum Gasteiger partial charge on any atom is -0.484 e. The number of anilines is 1. The van der Waals surface area contributed by atoms with Crippen molar-refractivity contribution in [2.75, 3.05) is 24.6 Å². The Labute approximate surface area is 183 Å². The molecule has 31 heavy (non-hydrogen) atoms. The van der Waals surface area contributed by atoms with Crippen LogP contribution in [0.25, 0.3) is 0 Å².